The molecule has 1 unspecified atom stereocenters. The fraction of sp³-hybridized carbons (Fsp3) is 0.769. The number of aliphatic carboxylic acids is 1. The Morgan fingerprint density at radius 1 is 1.38 bits per heavy atom. The van der Waals surface area contributed by atoms with Gasteiger partial charge < -0.3 is 20.5 Å². The summed E-state index contributed by atoms with van der Waals surface area (Å²) in [7, 11) is 0. The van der Waals surface area contributed by atoms with Crippen molar-refractivity contribution in [2.75, 3.05) is 24.7 Å². The molecule has 0 spiro atoms. The minimum absolute atomic E-state index is 0.0835. The number of carboxylic acids is 1. The first-order valence-electron chi connectivity index (χ1n) is 6.86. The molecule has 0 heterocycles. The van der Waals surface area contributed by atoms with Crippen molar-refractivity contribution in [3.63, 3.8) is 0 Å². The zero-order valence-corrected chi connectivity index (χ0v) is 13.3. The van der Waals surface area contributed by atoms with E-state index in [2.05, 4.69) is 10.6 Å². The van der Waals surface area contributed by atoms with Crippen LogP contribution >= 0.6 is 11.8 Å². The normalized spacial score (nSPS) is 12.0. The third-order valence-electron chi connectivity index (χ3n) is 2.45. The van der Waals surface area contributed by atoms with Crippen LogP contribution in [0, 0.1) is 0 Å². The second kappa shape index (κ2) is 12.5. The molecular weight excluding hydrogens is 296 g/mol. The highest BCUT2D eigenvalue weighted by Crippen LogP contribution is 2.05. The summed E-state index contributed by atoms with van der Waals surface area (Å²) in [6.07, 6.45) is 1.61. The van der Waals surface area contributed by atoms with Gasteiger partial charge in [0.1, 0.15) is 6.04 Å². The lowest BCUT2D eigenvalue weighted by atomic mass is 10.2. The van der Waals surface area contributed by atoms with E-state index in [1.807, 2.05) is 13.8 Å². The second-order valence-corrected chi connectivity index (χ2v) is 5.74. The van der Waals surface area contributed by atoms with E-state index in [1.54, 1.807) is 0 Å². The molecule has 1 atom stereocenters. The smallest absolute Gasteiger partial charge is 0.326 e. The summed E-state index contributed by atoms with van der Waals surface area (Å²) in [5.41, 5.74) is 0. The maximum Gasteiger partial charge on any atom is 0.326 e. The van der Waals surface area contributed by atoms with Gasteiger partial charge in [0, 0.05) is 13.2 Å². The fourth-order valence-corrected chi connectivity index (χ4v) is 2.23. The van der Waals surface area contributed by atoms with Gasteiger partial charge in [-0.3, -0.25) is 9.59 Å². The van der Waals surface area contributed by atoms with Crippen LogP contribution in [0.15, 0.2) is 0 Å². The summed E-state index contributed by atoms with van der Waals surface area (Å²) >= 11 is 1.34. The standard InChI is InChI=1S/C13H24N2O5S/c1-10(2)20-6-3-5-14-12(17)8-21-7-4-11(13(18)19)15-9-16/h9-11H,3-8H2,1-2H3,(H,14,17)(H,15,16)(H,18,19). The summed E-state index contributed by atoms with van der Waals surface area (Å²) in [6, 6.07) is -0.897. The van der Waals surface area contributed by atoms with E-state index < -0.39 is 12.0 Å². The van der Waals surface area contributed by atoms with Crippen molar-refractivity contribution >= 4 is 30.0 Å². The Balaban J connectivity index is 3.56. The van der Waals surface area contributed by atoms with Crippen LogP contribution in [0.3, 0.4) is 0 Å². The van der Waals surface area contributed by atoms with Crippen LogP contribution in [-0.4, -0.2) is 60.2 Å². The van der Waals surface area contributed by atoms with Crippen molar-refractivity contribution in [3.8, 4) is 0 Å². The molecule has 0 rings (SSSR count). The molecule has 2 amide bonds. The maximum absolute atomic E-state index is 11.5. The molecule has 7 nitrogen and oxygen atoms in total. The van der Waals surface area contributed by atoms with E-state index in [4.69, 9.17) is 9.84 Å². The lowest BCUT2D eigenvalue weighted by molar-refractivity contribution is -0.140. The molecule has 0 fully saturated rings. The van der Waals surface area contributed by atoms with Crippen LogP contribution in [0.4, 0.5) is 0 Å². The average molecular weight is 320 g/mol. The zero-order chi connectivity index (χ0) is 16.1. The summed E-state index contributed by atoms with van der Waals surface area (Å²) in [5.74, 6) is -0.391. The van der Waals surface area contributed by atoms with E-state index >= 15 is 0 Å². The Kier molecular flexibility index (Phi) is 11.7. The molecule has 0 bridgehead atoms. The number of amides is 2. The highest BCUT2D eigenvalue weighted by atomic mass is 32.2. The highest BCUT2D eigenvalue weighted by Gasteiger charge is 2.15. The van der Waals surface area contributed by atoms with Crippen molar-refractivity contribution in [2.45, 2.75) is 38.8 Å². The minimum Gasteiger partial charge on any atom is -0.480 e. The molecule has 122 valence electrons. The van der Waals surface area contributed by atoms with Gasteiger partial charge in [-0.15, -0.1) is 0 Å². The van der Waals surface area contributed by atoms with Gasteiger partial charge in [-0.2, -0.15) is 11.8 Å². The number of carbonyl (C=O) groups is 3. The quantitative estimate of drug-likeness (QED) is 0.332. The van der Waals surface area contributed by atoms with Crippen LogP contribution in [0.25, 0.3) is 0 Å². The minimum atomic E-state index is -1.07. The Hall–Kier alpha value is -1.28. The molecule has 21 heavy (non-hydrogen) atoms. The summed E-state index contributed by atoms with van der Waals surface area (Å²) in [6.45, 7) is 5.09. The van der Waals surface area contributed by atoms with Gasteiger partial charge in [0.25, 0.3) is 0 Å². The van der Waals surface area contributed by atoms with Crippen LogP contribution < -0.4 is 10.6 Å². The Labute approximate surface area is 129 Å². The van der Waals surface area contributed by atoms with E-state index in [9.17, 15) is 14.4 Å². The third kappa shape index (κ3) is 12.2. The van der Waals surface area contributed by atoms with Gasteiger partial charge >= 0.3 is 5.97 Å². The Morgan fingerprint density at radius 3 is 2.67 bits per heavy atom. The number of hydrogen-bond donors (Lipinski definition) is 3. The van der Waals surface area contributed by atoms with Crippen LogP contribution in [-0.2, 0) is 19.1 Å². The SMILES string of the molecule is CC(C)OCCCNC(=O)CSCCC(NC=O)C(=O)O. The van der Waals surface area contributed by atoms with Crippen LogP contribution in [0.5, 0.6) is 0 Å². The number of carboxylic acid groups (broad SMARTS) is 1. The van der Waals surface area contributed by atoms with Gasteiger partial charge in [-0.05, 0) is 32.4 Å². The van der Waals surface area contributed by atoms with Crippen LogP contribution in [0.1, 0.15) is 26.7 Å². The molecule has 8 heteroatoms. The van der Waals surface area contributed by atoms with Gasteiger partial charge in [-0.1, -0.05) is 0 Å². The Bertz CT molecular complexity index is 326. The molecule has 3 N–H and O–H groups in total. The van der Waals surface area contributed by atoms with Crippen molar-refractivity contribution in [2.24, 2.45) is 0 Å². The van der Waals surface area contributed by atoms with Gasteiger partial charge in [-0.25, -0.2) is 4.79 Å². The van der Waals surface area contributed by atoms with E-state index in [1.165, 1.54) is 11.8 Å². The topological polar surface area (TPSA) is 105 Å². The molecule has 0 aliphatic heterocycles. The largest absolute Gasteiger partial charge is 0.480 e. The molecule has 0 radical (unpaired) electrons. The van der Waals surface area contributed by atoms with Crippen molar-refractivity contribution in [1.29, 1.82) is 0 Å². The third-order valence-corrected chi connectivity index (χ3v) is 3.44. The highest BCUT2D eigenvalue weighted by molar-refractivity contribution is 7.99. The van der Waals surface area contributed by atoms with Crippen LogP contribution in [0.2, 0.25) is 0 Å². The van der Waals surface area contributed by atoms with Gasteiger partial charge in [0.05, 0.1) is 11.9 Å². The van der Waals surface area contributed by atoms with Crippen molar-refractivity contribution in [3.05, 3.63) is 0 Å². The number of hydrogen-bond acceptors (Lipinski definition) is 5. The lowest BCUT2D eigenvalue weighted by Crippen LogP contribution is -2.36. The molecule has 0 aromatic carbocycles. The molecule has 0 aliphatic carbocycles. The summed E-state index contributed by atoms with van der Waals surface area (Å²) in [4.78, 5) is 32.4. The lowest BCUT2D eigenvalue weighted by Gasteiger charge is -2.10. The molecular formula is C13H24N2O5S. The average Bonchev–Trinajstić information content (AvgIpc) is 2.41. The zero-order valence-electron chi connectivity index (χ0n) is 12.5. The first kappa shape index (κ1) is 19.7. The molecule has 0 aromatic heterocycles. The maximum atomic E-state index is 11.5. The summed E-state index contributed by atoms with van der Waals surface area (Å²) in [5, 5.41) is 13.8. The first-order chi connectivity index (χ1) is 9.97. The first-order valence-corrected chi connectivity index (χ1v) is 8.01. The second-order valence-electron chi connectivity index (χ2n) is 4.64. The van der Waals surface area contributed by atoms with Gasteiger partial charge in [0.15, 0.2) is 0 Å². The number of nitrogens with one attached hydrogen (secondary N) is 2. The monoisotopic (exact) mass is 320 g/mol. The van der Waals surface area contributed by atoms with Crippen molar-refractivity contribution in [1.82, 2.24) is 10.6 Å². The predicted molar refractivity (Wildman–Crippen MR) is 81.3 cm³/mol. The Morgan fingerprint density at radius 2 is 2.10 bits per heavy atom. The molecule has 0 aromatic rings. The van der Waals surface area contributed by atoms with E-state index in [0.717, 1.165) is 6.42 Å². The van der Waals surface area contributed by atoms with E-state index in [0.29, 0.717) is 25.3 Å². The fourth-order valence-electron chi connectivity index (χ4n) is 1.40. The van der Waals surface area contributed by atoms with E-state index in [-0.39, 0.29) is 24.2 Å². The van der Waals surface area contributed by atoms with Crippen molar-refractivity contribution < 1.29 is 24.2 Å². The summed E-state index contributed by atoms with van der Waals surface area (Å²) < 4.78 is 5.35. The number of ether oxygens (including phenoxy) is 1. The number of rotatable bonds is 13. The van der Waals surface area contributed by atoms with Gasteiger partial charge in [0.2, 0.25) is 12.3 Å². The number of carbonyl (C=O) groups excluding carboxylic acids is 2. The predicted octanol–water partition coefficient (Wildman–Crippen LogP) is 0.240. The number of thioether (sulfide) groups is 1. The molecule has 0 saturated carbocycles. The molecule has 0 aliphatic rings. The molecule has 0 saturated heterocycles.